The van der Waals surface area contributed by atoms with Crippen molar-refractivity contribution in [2.75, 3.05) is 32.8 Å². The van der Waals surface area contributed by atoms with E-state index >= 15 is 0 Å². The molecule has 1 saturated heterocycles. The van der Waals surface area contributed by atoms with E-state index in [9.17, 15) is 0 Å². The molecule has 132 valence electrons. The van der Waals surface area contributed by atoms with Crippen LogP contribution in [0.15, 0.2) is 4.99 Å². The van der Waals surface area contributed by atoms with Gasteiger partial charge in [0.25, 0.3) is 0 Å². The maximum absolute atomic E-state index is 5.27. The van der Waals surface area contributed by atoms with Gasteiger partial charge in [-0.05, 0) is 13.3 Å². The van der Waals surface area contributed by atoms with Gasteiger partial charge in [-0.1, -0.05) is 52.4 Å². The van der Waals surface area contributed by atoms with Crippen molar-refractivity contribution in [2.45, 2.75) is 65.7 Å². The fourth-order valence-corrected chi connectivity index (χ4v) is 2.44. The van der Waals surface area contributed by atoms with Gasteiger partial charge >= 0.3 is 0 Å². The largest absolute Gasteiger partial charge is 0.380 e. The number of hydrogen-bond donors (Lipinski definition) is 2. The molecule has 0 spiro atoms. The first-order valence-electron chi connectivity index (χ1n) is 8.80. The Morgan fingerprint density at radius 1 is 1.00 bits per heavy atom. The smallest absolute Gasteiger partial charge is 0.191 e. The van der Waals surface area contributed by atoms with Crippen LogP contribution in [0.1, 0.15) is 65.7 Å². The van der Waals surface area contributed by atoms with Gasteiger partial charge in [0.2, 0.25) is 0 Å². The Morgan fingerprint density at radius 3 is 2.18 bits per heavy atom. The second-order valence-electron chi connectivity index (χ2n) is 6.55. The predicted molar refractivity (Wildman–Crippen MR) is 106 cm³/mol. The van der Waals surface area contributed by atoms with Gasteiger partial charge in [-0.15, -0.1) is 24.0 Å². The van der Waals surface area contributed by atoms with E-state index in [4.69, 9.17) is 4.74 Å². The Bertz CT molecular complexity index is 294. The zero-order valence-electron chi connectivity index (χ0n) is 14.7. The molecular weight excluding hydrogens is 389 g/mol. The van der Waals surface area contributed by atoms with E-state index in [0.717, 1.165) is 38.8 Å². The third kappa shape index (κ3) is 9.87. The zero-order chi connectivity index (χ0) is 15.4. The van der Waals surface area contributed by atoms with Crippen molar-refractivity contribution in [1.82, 2.24) is 10.6 Å². The topological polar surface area (TPSA) is 45.7 Å². The van der Waals surface area contributed by atoms with Crippen LogP contribution in [0.3, 0.4) is 0 Å². The van der Waals surface area contributed by atoms with Crippen LogP contribution in [0.25, 0.3) is 0 Å². The Hall–Kier alpha value is -0.0400. The first-order chi connectivity index (χ1) is 10.2. The summed E-state index contributed by atoms with van der Waals surface area (Å²) >= 11 is 0. The highest BCUT2D eigenvalue weighted by Crippen LogP contribution is 2.26. The zero-order valence-corrected chi connectivity index (χ0v) is 17.1. The normalized spacial score (nSPS) is 16.6. The Morgan fingerprint density at radius 2 is 1.64 bits per heavy atom. The maximum atomic E-state index is 5.27. The Labute approximate surface area is 154 Å². The number of hydrogen-bond acceptors (Lipinski definition) is 2. The van der Waals surface area contributed by atoms with Crippen molar-refractivity contribution >= 4 is 29.9 Å². The van der Waals surface area contributed by atoms with Crippen LogP contribution in [0, 0.1) is 5.41 Å². The molecule has 1 fully saturated rings. The number of halogens is 1. The molecule has 1 rings (SSSR count). The quantitative estimate of drug-likeness (QED) is 0.228. The third-order valence-corrected chi connectivity index (χ3v) is 3.94. The summed E-state index contributed by atoms with van der Waals surface area (Å²) in [6, 6.07) is 0. The number of ether oxygens (including phenoxy) is 1. The average molecular weight is 425 g/mol. The van der Waals surface area contributed by atoms with E-state index in [1.54, 1.807) is 0 Å². The van der Waals surface area contributed by atoms with E-state index in [1.807, 2.05) is 0 Å². The molecule has 1 aliphatic heterocycles. The fraction of sp³-hybridized carbons (Fsp3) is 0.941. The molecule has 2 N–H and O–H groups in total. The van der Waals surface area contributed by atoms with Crippen LogP contribution < -0.4 is 10.6 Å². The van der Waals surface area contributed by atoms with Crippen LogP contribution in [0.5, 0.6) is 0 Å². The lowest BCUT2D eigenvalue weighted by Gasteiger charge is -2.36. The Kier molecular flexibility index (Phi) is 13.4. The number of rotatable bonds is 11. The lowest BCUT2D eigenvalue weighted by atomic mass is 9.89. The minimum absolute atomic E-state index is 0. The van der Waals surface area contributed by atoms with Crippen molar-refractivity contribution in [1.29, 1.82) is 0 Å². The van der Waals surface area contributed by atoms with E-state index in [-0.39, 0.29) is 29.4 Å². The van der Waals surface area contributed by atoms with Gasteiger partial charge in [0.05, 0.1) is 19.8 Å². The van der Waals surface area contributed by atoms with Crippen LogP contribution >= 0.6 is 24.0 Å². The molecule has 0 aromatic heterocycles. The maximum Gasteiger partial charge on any atom is 0.191 e. The second kappa shape index (κ2) is 13.4. The molecule has 0 aromatic carbocycles. The average Bonchev–Trinajstić information content (AvgIpc) is 2.45. The molecule has 0 atom stereocenters. The highest BCUT2D eigenvalue weighted by atomic mass is 127. The molecule has 0 amide bonds. The minimum atomic E-state index is 0. The van der Waals surface area contributed by atoms with Crippen molar-refractivity contribution < 1.29 is 4.74 Å². The van der Waals surface area contributed by atoms with Gasteiger partial charge in [-0.2, -0.15) is 0 Å². The SMILES string of the molecule is CCCCCCCCCNC(=NCC1(C)COC1)NCC.I. The number of unbranched alkanes of at least 4 members (excludes halogenated alkanes) is 6. The van der Waals surface area contributed by atoms with Gasteiger partial charge in [0, 0.05) is 18.5 Å². The number of nitrogens with zero attached hydrogens (tertiary/aromatic N) is 1. The van der Waals surface area contributed by atoms with Crippen molar-refractivity contribution in [2.24, 2.45) is 10.4 Å². The molecule has 0 radical (unpaired) electrons. The number of nitrogens with one attached hydrogen (secondary N) is 2. The number of guanidine groups is 1. The van der Waals surface area contributed by atoms with Gasteiger partial charge < -0.3 is 15.4 Å². The van der Waals surface area contributed by atoms with Gasteiger partial charge in [-0.3, -0.25) is 4.99 Å². The van der Waals surface area contributed by atoms with Crippen molar-refractivity contribution in [3.05, 3.63) is 0 Å². The highest BCUT2D eigenvalue weighted by Gasteiger charge is 2.33. The molecule has 1 aliphatic rings. The summed E-state index contributed by atoms with van der Waals surface area (Å²) in [4.78, 5) is 4.68. The third-order valence-electron chi connectivity index (χ3n) is 3.94. The van der Waals surface area contributed by atoms with E-state index < -0.39 is 0 Å². The summed E-state index contributed by atoms with van der Waals surface area (Å²) in [5.41, 5.74) is 0.252. The first kappa shape index (κ1) is 22.0. The van der Waals surface area contributed by atoms with Crippen LogP contribution in [-0.2, 0) is 4.74 Å². The summed E-state index contributed by atoms with van der Waals surface area (Å²) in [6.45, 7) is 11.1. The number of aliphatic imine (C=N–C) groups is 1. The Balaban J connectivity index is 0.00000441. The monoisotopic (exact) mass is 425 g/mol. The molecule has 0 saturated carbocycles. The minimum Gasteiger partial charge on any atom is -0.380 e. The van der Waals surface area contributed by atoms with Crippen LogP contribution in [0.4, 0.5) is 0 Å². The molecule has 0 aromatic rings. The van der Waals surface area contributed by atoms with E-state index in [1.165, 1.54) is 44.9 Å². The van der Waals surface area contributed by atoms with Crippen molar-refractivity contribution in [3.8, 4) is 0 Å². The van der Waals surface area contributed by atoms with E-state index in [0.29, 0.717) is 0 Å². The molecule has 0 aliphatic carbocycles. The highest BCUT2D eigenvalue weighted by molar-refractivity contribution is 14.0. The second-order valence-corrected chi connectivity index (χ2v) is 6.55. The standard InChI is InChI=1S/C17H35N3O.HI/c1-4-6-7-8-9-10-11-12-19-16(18-5-2)20-13-17(3)14-21-15-17;/h4-15H2,1-3H3,(H2,18,19,20);1H. The summed E-state index contributed by atoms with van der Waals surface area (Å²) in [7, 11) is 0. The van der Waals surface area contributed by atoms with Gasteiger partial charge in [0.1, 0.15) is 0 Å². The molecule has 4 nitrogen and oxygen atoms in total. The lowest BCUT2D eigenvalue weighted by Crippen LogP contribution is -2.44. The molecule has 0 bridgehead atoms. The molecular formula is C17H36IN3O. The molecule has 22 heavy (non-hydrogen) atoms. The molecule has 5 heteroatoms. The van der Waals surface area contributed by atoms with Crippen LogP contribution in [-0.4, -0.2) is 38.8 Å². The molecule has 0 unspecified atom stereocenters. The summed E-state index contributed by atoms with van der Waals surface area (Å²) in [5, 5.41) is 6.76. The van der Waals surface area contributed by atoms with Crippen molar-refractivity contribution in [3.63, 3.8) is 0 Å². The molecule has 1 heterocycles. The summed E-state index contributed by atoms with van der Waals surface area (Å²) in [6.07, 6.45) is 9.42. The summed E-state index contributed by atoms with van der Waals surface area (Å²) < 4.78 is 5.27. The first-order valence-corrected chi connectivity index (χ1v) is 8.80. The van der Waals surface area contributed by atoms with Gasteiger partial charge in [-0.25, -0.2) is 0 Å². The fourth-order valence-electron chi connectivity index (χ4n) is 2.44. The van der Waals surface area contributed by atoms with Crippen LogP contribution in [0.2, 0.25) is 0 Å². The lowest BCUT2D eigenvalue weighted by molar-refractivity contribution is -0.0945. The van der Waals surface area contributed by atoms with Gasteiger partial charge in [0.15, 0.2) is 5.96 Å². The predicted octanol–water partition coefficient (Wildman–Crippen LogP) is 3.95. The summed E-state index contributed by atoms with van der Waals surface area (Å²) in [5.74, 6) is 0.955. The van der Waals surface area contributed by atoms with E-state index in [2.05, 4.69) is 36.4 Å².